The molecule has 0 spiro atoms. The van der Waals surface area contributed by atoms with Gasteiger partial charge in [0.25, 0.3) is 0 Å². The van der Waals surface area contributed by atoms with E-state index in [0.29, 0.717) is 33.4 Å². The molecule has 4 rings (SSSR count). The topological polar surface area (TPSA) is 56.5 Å². The maximum absolute atomic E-state index is 13.3. The van der Waals surface area contributed by atoms with Crippen LogP contribution in [0.1, 0.15) is 30.7 Å². The van der Waals surface area contributed by atoms with Crippen molar-refractivity contribution >= 4 is 27.5 Å². The molecule has 34 heavy (non-hydrogen) atoms. The van der Waals surface area contributed by atoms with Crippen LogP contribution < -0.4 is 0 Å². The quantitative estimate of drug-likeness (QED) is 0.276. The maximum Gasteiger partial charge on any atom is 0.416 e. The zero-order valence-electron chi connectivity index (χ0n) is 18.4. The molecule has 0 amide bonds. The highest BCUT2D eigenvalue weighted by molar-refractivity contribution is 9.10. The molecule has 0 fully saturated rings. The van der Waals surface area contributed by atoms with Crippen molar-refractivity contribution in [2.75, 3.05) is 6.61 Å². The van der Waals surface area contributed by atoms with Crippen LogP contribution in [0.4, 0.5) is 13.2 Å². The monoisotopic (exact) mass is 531 g/mol. The first-order valence-electron chi connectivity index (χ1n) is 10.6. The molecular formula is C25H21BrF3N3O2. The van der Waals surface area contributed by atoms with Gasteiger partial charge in [-0.2, -0.15) is 18.3 Å². The van der Waals surface area contributed by atoms with Crippen molar-refractivity contribution in [1.82, 2.24) is 14.6 Å². The molecule has 9 heteroatoms. The second-order valence-electron chi connectivity index (χ2n) is 8.04. The fourth-order valence-electron chi connectivity index (χ4n) is 4.00. The number of aromatic nitrogens is 3. The van der Waals surface area contributed by atoms with Gasteiger partial charge in [-0.25, -0.2) is 9.50 Å². The number of alkyl halides is 3. The van der Waals surface area contributed by atoms with Gasteiger partial charge in [0.1, 0.15) is 5.41 Å². The zero-order valence-corrected chi connectivity index (χ0v) is 20.0. The Balaban J connectivity index is 1.86. The summed E-state index contributed by atoms with van der Waals surface area (Å²) in [5.74, 6) is -0.418. The van der Waals surface area contributed by atoms with Crippen LogP contribution in [0.15, 0.2) is 71.5 Å². The van der Waals surface area contributed by atoms with Crippen LogP contribution in [-0.2, 0) is 27.5 Å². The van der Waals surface area contributed by atoms with Gasteiger partial charge in [-0.05, 0) is 59.5 Å². The maximum atomic E-state index is 13.3. The molecule has 176 valence electrons. The fourth-order valence-corrected chi connectivity index (χ4v) is 4.70. The van der Waals surface area contributed by atoms with Crippen molar-refractivity contribution in [3.63, 3.8) is 0 Å². The molecule has 0 aliphatic carbocycles. The fraction of sp³-hybridized carbons (Fsp3) is 0.240. The highest BCUT2D eigenvalue weighted by Crippen LogP contribution is 2.37. The van der Waals surface area contributed by atoms with E-state index in [4.69, 9.17) is 4.74 Å². The van der Waals surface area contributed by atoms with Gasteiger partial charge in [0.05, 0.1) is 28.5 Å². The Kier molecular flexibility index (Phi) is 6.49. The Labute approximate surface area is 202 Å². The number of esters is 1. The molecule has 0 saturated carbocycles. The van der Waals surface area contributed by atoms with Gasteiger partial charge in [0, 0.05) is 11.8 Å². The molecule has 2 aromatic carbocycles. The smallest absolute Gasteiger partial charge is 0.416 e. The molecule has 1 atom stereocenters. The third-order valence-electron chi connectivity index (χ3n) is 5.65. The number of rotatable bonds is 6. The Morgan fingerprint density at radius 2 is 1.74 bits per heavy atom. The van der Waals surface area contributed by atoms with Crippen LogP contribution in [0.25, 0.3) is 16.8 Å². The number of carbonyl (C=O) groups is 1. The van der Waals surface area contributed by atoms with Crippen molar-refractivity contribution in [3.8, 4) is 11.1 Å². The summed E-state index contributed by atoms with van der Waals surface area (Å²) >= 11 is 3.53. The largest absolute Gasteiger partial charge is 0.465 e. The summed E-state index contributed by atoms with van der Waals surface area (Å²) in [4.78, 5) is 17.7. The van der Waals surface area contributed by atoms with Gasteiger partial charge >= 0.3 is 12.1 Å². The minimum absolute atomic E-state index is 0.213. The van der Waals surface area contributed by atoms with Crippen LogP contribution in [-0.4, -0.2) is 27.2 Å². The molecule has 0 saturated heterocycles. The summed E-state index contributed by atoms with van der Waals surface area (Å²) in [5.41, 5.74) is 1.12. The molecule has 0 aliphatic heterocycles. The van der Waals surface area contributed by atoms with E-state index in [2.05, 4.69) is 26.0 Å². The normalized spacial score (nSPS) is 13.6. The molecule has 1 unspecified atom stereocenters. The van der Waals surface area contributed by atoms with Crippen molar-refractivity contribution in [2.24, 2.45) is 0 Å². The number of nitrogens with zero attached hydrogens (tertiary/aromatic N) is 3. The number of halogens is 4. The lowest BCUT2D eigenvalue weighted by atomic mass is 9.80. The number of ether oxygens (including phenoxy) is 1. The van der Waals surface area contributed by atoms with E-state index in [1.54, 1.807) is 24.6 Å². The van der Waals surface area contributed by atoms with E-state index >= 15 is 0 Å². The number of fused-ring (bicyclic) bond motifs is 1. The number of hydrogen-bond donors (Lipinski definition) is 0. The van der Waals surface area contributed by atoms with Gasteiger partial charge in [-0.3, -0.25) is 4.79 Å². The van der Waals surface area contributed by atoms with Gasteiger partial charge in [-0.15, -0.1) is 0 Å². The first-order chi connectivity index (χ1) is 16.1. The van der Waals surface area contributed by atoms with Crippen molar-refractivity contribution in [1.29, 1.82) is 0 Å². The third kappa shape index (κ3) is 4.44. The SMILES string of the molecule is CCOC(=O)C(C)(Cc1ccccc1)c1c(Br)cnc2c(-c3ccc(C(F)(F)F)cc3)cnn12. The number of carbonyl (C=O) groups excluding carboxylic acids is 1. The Bertz CT molecular complexity index is 1320. The Morgan fingerprint density at radius 3 is 2.35 bits per heavy atom. The van der Waals surface area contributed by atoms with E-state index in [-0.39, 0.29) is 6.61 Å². The summed E-state index contributed by atoms with van der Waals surface area (Å²) in [5, 5.41) is 4.47. The summed E-state index contributed by atoms with van der Waals surface area (Å²) in [6.07, 6.45) is -0.966. The van der Waals surface area contributed by atoms with Crippen molar-refractivity contribution < 1.29 is 22.7 Å². The summed E-state index contributed by atoms with van der Waals surface area (Å²) in [6, 6.07) is 14.4. The van der Waals surface area contributed by atoms with Gasteiger partial charge in [-0.1, -0.05) is 42.5 Å². The van der Waals surface area contributed by atoms with Crippen LogP contribution in [0.2, 0.25) is 0 Å². The average Bonchev–Trinajstić information content (AvgIpc) is 3.23. The molecule has 0 radical (unpaired) electrons. The lowest BCUT2D eigenvalue weighted by Crippen LogP contribution is -2.39. The summed E-state index contributed by atoms with van der Waals surface area (Å²) in [7, 11) is 0. The van der Waals surface area contributed by atoms with Crippen LogP contribution >= 0.6 is 15.9 Å². The van der Waals surface area contributed by atoms with Crippen LogP contribution in [0, 0.1) is 0 Å². The summed E-state index contributed by atoms with van der Waals surface area (Å²) in [6.45, 7) is 3.75. The predicted octanol–water partition coefficient (Wildman–Crippen LogP) is 6.24. The van der Waals surface area contributed by atoms with Crippen molar-refractivity contribution in [2.45, 2.75) is 31.9 Å². The molecule has 5 nitrogen and oxygen atoms in total. The molecular weight excluding hydrogens is 511 g/mol. The molecule has 2 heterocycles. The predicted molar refractivity (Wildman–Crippen MR) is 125 cm³/mol. The van der Waals surface area contributed by atoms with E-state index in [1.807, 2.05) is 30.3 Å². The van der Waals surface area contributed by atoms with E-state index in [0.717, 1.165) is 17.7 Å². The first-order valence-corrected chi connectivity index (χ1v) is 11.4. The molecule has 4 aromatic rings. The highest BCUT2D eigenvalue weighted by Gasteiger charge is 2.41. The van der Waals surface area contributed by atoms with Gasteiger partial charge < -0.3 is 4.74 Å². The average molecular weight is 532 g/mol. The minimum atomic E-state index is -4.42. The van der Waals surface area contributed by atoms with E-state index in [1.165, 1.54) is 18.3 Å². The second kappa shape index (κ2) is 9.21. The molecule has 0 N–H and O–H groups in total. The lowest BCUT2D eigenvalue weighted by molar-refractivity contribution is -0.149. The van der Waals surface area contributed by atoms with E-state index in [9.17, 15) is 18.0 Å². The Hall–Kier alpha value is -3.20. The van der Waals surface area contributed by atoms with Crippen LogP contribution in [0.3, 0.4) is 0 Å². The standard InChI is InChI=1S/C25H21BrF3N3O2/c1-3-34-23(33)24(2,13-16-7-5-4-6-8-16)21-20(26)15-30-22-19(14-31-32(21)22)17-9-11-18(12-10-17)25(27,28)29/h4-12,14-15H,3,13H2,1-2H3. The third-order valence-corrected chi connectivity index (χ3v) is 6.23. The van der Waals surface area contributed by atoms with E-state index < -0.39 is 23.1 Å². The molecule has 0 bridgehead atoms. The first kappa shape index (κ1) is 23.9. The number of benzene rings is 2. The lowest BCUT2D eigenvalue weighted by Gasteiger charge is -2.29. The zero-order chi connectivity index (χ0) is 24.5. The van der Waals surface area contributed by atoms with Gasteiger partial charge in [0.2, 0.25) is 0 Å². The minimum Gasteiger partial charge on any atom is -0.465 e. The highest BCUT2D eigenvalue weighted by atomic mass is 79.9. The molecule has 0 aliphatic rings. The number of hydrogen-bond acceptors (Lipinski definition) is 4. The van der Waals surface area contributed by atoms with Crippen LogP contribution in [0.5, 0.6) is 0 Å². The summed E-state index contributed by atoms with van der Waals surface area (Å²) < 4.78 is 46.5. The van der Waals surface area contributed by atoms with Crippen molar-refractivity contribution in [3.05, 3.63) is 88.3 Å². The second-order valence-corrected chi connectivity index (χ2v) is 8.89. The Morgan fingerprint density at radius 1 is 1.06 bits per heavy atom. The van der Waals surface area contributed by atoms with Gasteiger partial charge in [0.15, 0.2) is 5.65 Å². The molecule has 2 aromatic heterocycles.